The van der Waals surface area contributed by atoms with Crippen LogP contribution in [-0.4, -0.2) is 10.0 Å². The molecular formula is C16H17NO3. The van der Waals surface area contributed by atoms with E-state index in [4.69, 9.17) is 0 Å². The van der Waals surface area contributed by atoms with E-state index in [1.54, 1.807) is 12.1 Å². The number of hydrogen-bond acceptors (Lipinski definition) is 3. The van der Waals surface area contributed by atoms with Gasteiger partial charge in [-0.2, -0.15) is 0 Å². The molecular weight excluding hydrogens is 254 g/mol. The molecule has 0 saturated heterocycles. The van der Waals surface area contributed by atoms with Gasteiger partial charge in [0.1, 0.15) is 0 Å². The molecule has 0 amide bonds. The van der Waals surface area contributed by atoms with Crippen LogP contribution in [0.2, 0.25) is 0 Å². The number of nitrogens with zero attached hydrogens (tertiary/aromatic N) is 1. The van der Waals surface area contributed by atoms with Gasteiger partial charge in [0.2, 0.25) is 0 Å². The minimum absolute atomic E-state index is 0.0648. The fraction of sp³-hybridized carbons (Fsp3) is 0.250. The lowest BCUT2D eigenvalue weighted by Gasteiger charge is -2.15. The second-order valence-corrected chi connectivity index (χ2v) is 4.93. The Labute approximate surface area is 117 Å². The maximum Gasteiger partial charge on any atom is 0.269 e. The molecule has 2 aromatic rings. The molecule has 0 aliphatic heterocycles. The van der Waals surface area contributed by atoms with Gasteiger partial charge in [0.25, 0.3) is 5.69 Å². The zero-order chi connectivity index (χ0) is 14.7. The second kappa shape index (κ2) is 5.84. The maximum atomic E-state index is 10.6. The van der Waals surface area contributed by atoms with Crippen LogP contribution in [0, 0.1) is 24.0 Å². The van der Waals surface area contributed by atoms with Crippen LogP contribution in [0.15, 0.2) is 42.5 Å². The number of benzene rings is 2. The summed E-state index contributed by atoms with van der Waals surface area (Å²) in [5.74, 6) is 0. The summed E-state index contributed by atoms with van der Waals surface area (Å²) in [6.45, 7) is 4.00. The Morgan fingerprint density at radius 1 is 1.15 bits per heavy atom. The van der Waals surface area contributed by atoms with Crippen LogP contribution in [0.4, 0.5) is 5.69 Å². The highest BCUT2D eigenvalue weighted by molar-refractivity contribution is 5.37. The topological polar surface area (TPSA) is 63.4 Å². The van der Waals surface area contributed by atoms with Crippen LogP contribution in [-0.2, 0) is 6.42 Å². The van der Waals surface area contributed by atoms with E-state index in [2.05, 4.69) is 0 Å². The summed E-state index contributed by atoms with van der Waals surface area (Å²) in [6, 6.07) is 12.2. The van der Waals surface area contributed by atoms with Crippen molar-refractivity contribution in [3.63, 3.8) is 0 Å². The average molecular weight is 271 g/mol. The van der Waals surface area contributed by atoms with E-state index in [1.807, 2.05) is 32.0 Å². The molecule has 1 unspecified atom stereocenters. The first kappa shape index (κ1) is 14.2. The third-order valence-electron chi connectivity index (χ3n) is 3.58. The van der Waals surface area contributed by atoms with Crippen LogP contribution >= 0.6 is 0 Å². The molecule has 2 aromatic carbocycles. The van der Waals surface area contributed by atoms with E-state index < -0.39 is 11.0 Å². The summed E-state index contributed by atoms with van der Waals surface area (Å²) in [6.07, 6.45) is -0.154. The van der Waals surface area contributed by atoms with Gasteiger partial charge in [0.05, 0.1) is 11.0 Å². The van der Waals surface area contributed by atoms with Crippen molar-refractivity contribution >= 4 is 5.69 Å². The SMILES string of the molecule is Cc1cccc(C(O)Cc2ccc([N+](=O)[O-])cc2)c1C. The number of aliphatic hydroxyl groups excluding tert-OH is 1. The van der Waals surface area contributed by atoms with Crippen molar-refractivity contribution in [1.29, 1.82) is 0 Å². The highest BCUT2D eigenvalue weighted by Gasteiger charge is 2.13. The Morgan fingerprint density at radius 3 is 2.40 bits per heavy atom. The summed E-state index contributed by atoms with van der Waals surface area (Å²) in [5, 5.41) is 20.9. The van der Waals surface area contributed by atoms with Crippen molar-refractivity contribution in [2.24, 2.45) is 0 Å². The van der Waals surface area contributed by atoms with Crippen LogP contribution in [0.5, 0.6) is 0 Å². The van der Waals surface area contributed by atoms with Gasteiger partial charge in [-0.3, -0.25) is 10.1 Å². The lowest BCUT2D eigenvalue weighted by atomic mass is 9.95. The fourth-order valence-corrected chi connectivity index (χ4v) is 2.22. The quantitative estimate of drug-likeness (QED) is 0.684. The summed E-state index contributed by atoms with van der Waals surface area (Å²) in [4.78, 5) is 10.2. The standard InChI is InChI=1S/C16H17NO3/c1-11-4-3-5-15(12(11)2)16(18)10-13-6-8-14(9-7-13)17(19)20/h3-9,16,18H,10H2,1-2H3. The lowest BCUT2D eigenvalue weighted by molar-refractivity contribution is -0.384. The van der Waals surface area contributed by atoms with Crippen LogP contribution in [0.3, 0.4) is 0 Å². The number of nitro benzene ring substituents is 1. The molecule has 0 spiro atoms. The molecule has 0 fully saturated rings. The predicted octanol–water partition coefficient (Wildman–Crippen LogP) is 3.49. The van der Waals surface area contributed by atoms with E-state index in [1.165, 1.54) is 12.1 Å². The molecule has 0 radical (unpaired) electrons. The van der Waals surface area contributed by atoms with Gasteiger partial charge in [-0.1, -0.05) is 30.3 Å². The molecule has 0 bridgehead atoms. The van der Waals surface area contributed by atoms with Gasteiger partial charge in [0, 0.05) is 18.6 Å². The van der Waals surface area contributed by atoms with Crippen LogP contribution < -0.4 is 0 Å². The zero-order valence-electron chi connectivity index (χ0n) is 11.5. The summed E-state index contributed by atoms with van der Waals surface area (Å²) in [5.41, 5.74) is 4.08. The number of non-ortho nitro benzene ring substituents is 1. The van der Waals surface area contributed by atoms with Gasteiger partial charge in [0.15, 0.2) is 0 Å². The number of aryl methyl sites for hydroxylation is 1. The van der Waals surface area contributed by atoms with E-state index in [9.17, 15) is 15.2 Å². The summed E-state index contributed by atoms with van der Waals surface area (Å²) < 4.78 is 0. The number of aliphatic hydroxyl groups is 1. The highest BCUT2D eigenvalue weighted by Crippen LogP contribution is 2.24. The molecule has 1 atom stereocenters. The predicted molar refractivity (Wildman–Crippen MR) is 77.7 cm³/mol. The lowest BCUT2D eigenvalue weighted by Crippen LogP contribution is -2.05. The van der Waals surface area contributed by atoms with Gasteiger partial charge < -0.3 is 5.11 Å². The largest absolute Gasteiger partial charge is 0.388 e. The number of rotatable bonds is 4. The van der Waals surface area contributed by atoms with E-state index >= 15 is 0 Å². The Hall–Kier alpha value is -2.20. The van der Waals surface area contributed by atoms with Gasteiger partial charge in [-0.15, -0.1) is 0 Å². The van der Waals surface area contributed by atoms with Crippen molar-refractivity contribution in [1.82, 2.24) is 0 Å². The molecule has 0 heterocycles. The van der Waals surface area contributed by atoms with Gasteiger partial charge in [-0.25, -0.2) is 0 Å². The molecule has 104 valence electrons. The Balaban J connectivity index is 2.17. The zero-order valence-corrected chi connectivity index (χ0v) is 11.5. The molecule has 0 aliphatic rings. The summed E-state index contributed by atoms with van der Waals surface area (Å²) >= 11 is 0. The van der Waals surface area contributed by atoms with Gasteiger partial charge in [-0.05, 0) is 36.1 Å². The molecule has 4 nitrogen and oxygen atoms in total. The maximum absolute atomic E-state index is 10.6. The fourth-order valence-electron chi connectivity index (χ4n) is 2.22. The second-order valence-electron chi connectivity index (χ2n) is 4.93. The first-order chi connectivity index (χ1) is 9.49. The molecule has 0 aromatic heterocycles. The molecule has 2 rings (SSSR count). The monoisotopic (exact) mass is 271 g/mol. The van der Waals surface area contributed by atoms with E-state index in [-0.39, 0.29) is 5.69 Å². The van der Waals surface area contributed by atoms with Crippen molar-refractivity contribution < 1.29 is 10.0 Å². The Kier molecular flexibility index (Phi) is 4.15. The number of nitro groups is 1. The van der Waals surface area contributed by atoms with Crippen molar-refractivity contribution in [3.05, 3.63) is 74.8 Å². The summed E-state index contributed by atoms with van der Waals surface area (Å²) in [7, 11) is 0. The van der Waals surface area contributed by atoms with Crippen molar-refractivity contribution in [2.45, 2.75) is 26.4 Å². The molecule has 0 saturated carbocycles. The van der Waals surface area contributed by atoms with Gasteiger partial charge >= 0.3 is 0 Å². The van der Waals surface area contributed by atoms with Crippen LogP contribution in [0.1, 0.15) is 28.4 Å². The Morgan fingerprint density at radius 2 is 1.80 bits per heavy atom. The minimum Gasteiger partial charge on any atom is -0.388 e. The van der Waals surface area contributed by atoms with E-state index in [0.717, 1.165) is 22.3 Å². The average Bonchev–Trinajstić information content (AvgIpc) is 2.42. The smallest absolute Gasteiger partial charge is 0.269 e. The first-order valence-corrected chi connectivity index (χ1v) is 6.46. The highest BCUT2D eigenvalue weighted by atomic mass is 16.6. The van der Waals surface area contributed by atoms with Crippen molar-refractivity contribution in [3.8, 4) is 0 Å². The third kappa shape index (κ3) is 3.03. The molecule has 1 N–H and O–H groups in total. The van der Waals surface area contributed by atoms with E-state index in [0.29, 0.717) is 6.42 Å². The molecule has 0 aliphatic carbocycles. The minimum atomic E-state index is -0.601. The van der Waals surface area contributed by atoms with Crippen LogP contribution in [0.25, 0.3) is 0 Å². The third-order valence-corrected chi connectivity index (χ3v) is 3.58. The normalized spacial score (nSPS) is 12.2. The molecule has 20 heavy (non-hydrogen) atoms. The number of hydrogen-bond donors (Lipinski definition) is 1. The van der Waals surface area contributed by atoms with Crippen molar-refractivity contribution in [2.75, 3.05) is 0 Å². The molecule has 4 heteroatoms. The Bertz CT molecular complexity index is 620. The first-order valence-electron chi connectivity index (χ1n) is 6.46.